The Morgan fingerprint density at radius 2 is 2.16 bits per heavy atom. The number of fused-ring (bicyclic) bond motifs is 1. The lowest BCUT2D eigenvalue weighted by Crippen LogP contribution is -2.49. The van der Waals surface area contributed by atoms with Gasteiger partial charge in [-0.15, -0.1) is 0 Å². The van der Waals surface area contributed by atoms with Crippen molar-refractivity contribution < 1.29 is 9.53 Å². The van der Waals surface area contributed by atoms with Gasteiger partial charge in [0.2, 0.25) is 0 Å². The number of carbonyl (C=O) groups is 1. The van der Waals surface area contributed by atoms with Crippen LogP contribution in [0.5, 0.6) is 0 Å². The lowest BCUT2D eigenvalue weighted by molar-refractivity contribution is -0.109. The quantitative estimate of drug-likeness (QED) is 0.877. The molecule has 0 saturated carbocycles. The molecule has 1 amide bonds. The molecular formula is C17H24N6O2. The van der Waals surface area contributed by atoms with E-state index in [0.29, 0.717) is 31.2 Å². The molecule has 134 valence electrons. The molecule has 4 rings (SSSR count). The zero-order valence-corrected chi connectivity index (χ0v) is 14.7. The molecule has 0 radical (unpaired) electrons. The maximum Gasteiger partial charge on any atom is 0.277 e. The summed E-state index contributed by atoms with van der Waals surface area (Å²) in [7, 11) is 0. The molecule has 0 bridgehead atoms. The van der Waals surface area contributed by atoms with Crippen molar-refractivity contribution in [2.45, 2.75) is 52.0 Å². The van der Waals surface area contributed by atoms with Crippen LogP contribution in [0.3, 0.4) is 0 Å². The molecule has 2 aromatic rings. The van der Waals surface area contributed by atoms with Gasteiger partial charge >= 0.3 is 0 Å². The second-order valence-corrected chi connectivity index (χ2v) is 6.84. The highest BCUT2D eigenvalue weighted by Gasteiger charge is 2.38. The summed E-state index contributed by atoms with van der Waals surface area (Å²) in [6.07, 6.45) is 1.95. The molecule has 1 fully saturated rings. The van der Waals surface area contributed by atoms with Crippen LogP contribution in [0.15, 0.2) is 12.1 Å². The first-order valence-electron chi connectivity index (χ1n) is 8.86. The van der Waals surface area contributed by atoms with E-state index in [9.17, 15) is 4.79 Å². The Bertz CT molecular complexity index is 787. The number of carbonyl (C=O) groups excluding carboxylic acids is 1. The summed E-state index contributed by atoms with van der Waals surface area (Å²) in [4.78, 5) is 12.6. The number of piperidine rings is 1. The first-order chi connectivity index (χ1) is 12.1. The predicted octanol–water partition coefficient (Wildman–Crippen LogP) is 1.31. The van der Waals surface area contributed by atoms with Crippen molar-refractivity contribution in [1.29, 1.82) is 0 Å². The minimum absolute atomic E-state index is 0.143. The van der Waals surface area contributed by atoms with Gasteiger partial charge in [0.25, 0.3) is 5.91 Å². The van der Waals surface area contributed by atoms with Gasteiger partial charge < -0.3 is 15.4 Å². The maximum absolute atomic E-state index is 12.6. The van der Waals surface area contributed by atoms with Crippen LogP contribution in [-0.2, 0) is 24.4 Å². The Hall–Kier alpha value is -2.19. The van der Waals surface area contributed by atoms with Crippen molar-refractivity contribution >= 4 is 11.7 Å². The summed E-state index contributed by atoms with van der Waals surface area (Å²) >= 11 is 0. The monoisotopic (exact) mass is 344 g/mol. The topological polar surface area (TPSA) is 86.0 Å². The molecule has 0 unspecified atom stereocenters. The molecule has 8 nitrogen and oxygen atoms in total. The number of anilines is 1. The van der Waals surface area contributed by atoms with Crippen molar-refractivity contribution in [3.63, 3.8) is 0 Å². The first-order valence-corrected chi connectivity index (χ1v) is 8.86. The van der Waals surface area contributed by atoms with E-state index < -0.39 is 0 Å². The van der Waals surface area contributed by atoms with Gasteiger partial charge in [-0.05, 0) is 45.8 Å². The molecule has 4 heterocycles. The van der Waals surface area contributed by atoms with E-state index in [1.165, 1.54) is 0 Å². The Morgan fingerprint density at radius 3 is 2.92 bits per heavy atom. The highest BCUT2D eigenvalue weighted by Crippen LogP contribution is 2.31. The van der Waals surface area contributed by atoms with Crippen molar-refractivity contribution in [1.82, 2.24) is 24.9 Å². The van der Waals surface area contributed by atoms with E-state index in [1.807, 2.05) is 30.7 Å². The molecule has 25 heavy (non-hydrogen) atoms. The van der Waals surface area contributed by atoms with Crippen LogP contribution in [0.25, 0.3) is 0 Å². The number of aromatic nitrogens is 4. The Morgan fingerprint density at radius 1 is 1.36 bits per heavy atom. The molecule has 0 atom stereocenters. The molecule has 2 N–H and O–H groups in total. The van der Waals surface area contributed by atoms with Gasteiger partial charge in [0, 0.05) is 12.6 Å². The van der Waals surface area contributed by atoms with Gasteiger partial charge in [-0.25, -0.2) is 4.68 Å². The minimum Gasteiger partial charge on any atom is -0.367 e. The Kier molecular flexibility index (Phi) is 4.09. The zero-order valence-electron chi connectivity index (χ0n) is 14.7. The minimum atomic E-state index is -0.212. The number of nitrogens with zero attached hydrogens (tertiary/aromatic N) is 4. The summed E-state index contributed by atoms with van der Waals surface area (Å²) in [5.41, 5.74) is 2.11. The highest BCUT2D eigenvalue weighted by molar-refractivity contribution is 6.02. The molecule has 1 spiro atoms. The van der Waals surface area contributed by atoms with Crippen LogP contribution in [0, 0.1) is 6.92 Å². The van der Waals surface area contributed by atoms with E-state index in [-0.39, 0.29) is 11.5 Å². The third-order valence-electron chi connectivity index (χ3n) is 5.02. The molecule has 2 aliphatic rings. The average molecular weight is 344 g/mol. The Labute approximate surface area is 146 Å². The van der Waals surface area contributed by atoms with Gasteiger partial charge in [-0.1, -0.05) is 0 Å². The largest absolute Gasteiger partial charge is 0.367 e. The van der Waals surface area contributed by atoms with Gasteiger partial charge in [-0.2, -0.15) is 10.2 Å². The summed E-state index contributed by atoms with van der Waals surface area (Å²) in [5.74, 6) is 0.484. The Balaban J connectivity index is 1.52. The van der Waals surface area contributed by atoms with Crippen LogP contribution in [-0.4, -0.2) is 44.2 Å². The second kappa shape index (κ2) is 6.27. The summed E-state index contributed by atoms with van der Waals surface area (Å²) < 4.78 is 9.85. The van der Waals surface area contributed by atoms with Gasteiger partial charge in [-0.3, -0.25) is 9.48 Å². The van der Waals surface area contributed by atoms with Crippen molar-refractivity contribution in [3.05, 3.63) is 29.2 Å². The van der Waals surface area contributed by atoms with Crippen LogP contribution < -0.4 is 10.6 Å². The van der Waals surface area contributed by atoms with E-state index in [2.05, 4.69) is 20.8 Å². The molecular weight excluding hydrogens is 320 g/mol. The number of ether oxygens (including phenoxy) is 1. The molecule has 0 aromatic carbocycles. The maximum atomic E-state index is 12.6. The van der Waals surface area contributed by atoms with Crippen LogP contribution in [0.1, 0.15) is 41.6 Å². The molecule has 8 heteroatoms. The van der Waals surface area contributed by atoms with E-state index in [4.69, 9.17) is 4.74 Å². The predicted molar refractivity (Wildman–Crippen MR) is 92.4 cm³/mol. The summed E-state index contributed by atoms with van der Waals surface area (Å²) in [6, 6.07) is 3.69. The SMILES string of the molecule is CCn1nc(C)cc1NC(=O)c1cc2n(n1)CC1(CCNCC1)OC2. The van der Waals surface area contributed by atoms with Gasteiger partial charge in [0.15, 0.2) is 5.69 Å². The fourth-order valence-corrected chi connectivity index (χ4v) is 3.62. The van der Waals surface area contributed by atoms with Gasteiger partial charge in [0.1, 0.15) is 5.82 Å². The third kappa shape index (κ3) is 3.07. The van der Waals surface area contributed by atoms with Crippen LogP contribution in [0.2, 0.25) is 0 Å². The van der Waals surface area contributed by atoms with Gasteiger partial charge in [0.05, 0.1) is 30.1 Å². The smallest absolute Gasteiger partial charge is 0.277 e. The van der Waals surface area contributed by atoms with Crippen LogP contribution in [0.4, 0.5) is 5.82 Å². The lowest BCUT2D eigenvalue weighted by Gasteiger charge is -2.40. The number of aryl methyl sites for hydroxylation is 2. The van der Waals surface area contributed by atoms with Crippen molar-refractivity contribution in [2.24, 2.45) is 0 Å². The van der Waals surface area contributed by atoms with E-state index in [0.717, 1.165) is 37.3 Å². The van der Waals surface area contributed by atoms with Crippen LogP contribution >= 0.6 is 0 Å². The number of rotatable bonds is 3. The summed E-state index contributed by atoms with van der Waals surface area (Å²) in [6.45, 7) is 7.75. The number of hydrogen-bond donors (Lipinski definition) is 2. The summed E-state index contributed by atoms with van der Waals surface area (Å²) in [5, 5.41) is 15.2. The first kappa shape index (κ1) is 16.3. The zero-order chi connectivity index (χ0) is 17.4. The average Bonchev–Trinajstić information content (AvgIpc) is 3.18. The number of hydrogen-bond acceptors (Lipinski definition) is 5. The second-order valence-electron chi connectivity index (χ2n) is 6.84. The fourth-order valence-electron chi connectivity index (χ4n) is 3.62. The molecule has 1 saturated heterocycles. The molecule has 2 aliphatic heterocycles. The standard InChI is InChI=1S/C17H24N6O2/c1-3-22-15(8-12(2)20-22)19-16(24)14-9-13-10-25-17(11-23(13)21-14)4-6-18-7-5-17/h8-9,18H,3-7,10-11H2,1-2H3,(H,19,24). The molecule has 2 aromatic heterocycles. The van der Waals surface area contributed by atoms with Crippen molar-refractivity contribution in [3.8, 4) is 0 Å². The highest BCUT2D eigenvalue weighted by atomic mass is 16.5. The van der Waals surface area contributed by atoms with E-state index >= 15 is 0 Å². The number of nitrogens with one attached hydrogen (secondary N) is 2. The lowest BCUT2D eigenvalue weighted by atomic mass is 9.91. The third-order valence-corrected chi connectivity index (χ3v) is 5.02. The fraction of sp³-hybridized carbons (Fsp3) is 0.588. The number of amides is 1. The normalized spacial score (nSPS) is 19.0. The van der Waals surface area contributed by atoms with Crippen molar-refractivity contribution in [2.75, 3.05) is 18.4 Å². The molecule has 0 aliphatic carbocycles. The van der Waals surface area contributed by atoms with E-state index in [1.54, 1.807) is 4.68 Å².